The third-order valence-corrected chi connectivity index (χ3v) is 4.03. The zero-order chi connectivity index (χ0) is 15.6. The van der Waals surface area contributed by atoms with Gasteiger partial charge in [-0.15, -0.1) is 11.6 Å². The van der Waals surface area contributed by atoms with Crippen LogP contribution in [0.5, 0.6) is 11.5 Å². The maximum absolute atomic E-state index is 10.7. The molecule has 1 aromatic heterocycles. The summed E-state index contributed by atoms with van der Waals surface area (Å²) < 4.78 is 16.2. The SMILES string of the molecule is COc1ccc(C(Cl)c2ccc([N+](=O)[O-])o2)c(OC)c1Br. The molecule has 0 fully saturated rings. The Balaban J connectivity index is 2.44. The molecule has 2 aromatic rings. The second-order valence-corrected chi connectivity index (χ2v) is 5.23. The van der Waals surface area contributed by atoms with E-state index in [2.05, 4.69) is 15.9 Å². The van der Waals surface area contributed by atoms with Crippen LogP contribution in [0.2, 0.25) is 0 Å². The molecular weight excluding hydrogens is 366 g/mol. The van der Waals surface area contributed by atoms with Gasteiger partial charge in [-0.05, 0) is 34.1 Å². The molecule has 0 aliphatic heterocycles. The Kier molecular flexibility index (Phi) is 4.74. The Hall–Kier alpha value is -1.73. The second-order valence-electron chi connectivity index (χ2n) is 4.00. The van der Waals surface area contributed by atoms with Crippen LogP contribution in [0.1, 0.15) is 16.7 Å². The molecule has 0 saturated carbocycles. The van der Waals surface area contributed by atoms with Gasteiger partial charge in [0, 0.05) is 5.56 Å². The van der Waals surface area contributed by atoms with Gasteiger partial charge in [0.25, 0.3) is 0 Å². The molecule has 0 bridgehead atoms. The van der Waals surface area contributed by atoms with Gasteiger partial charge in [-0.2, -0.15) is 0 Å². The van der Waals surface area contributed by atoms with Crippen molar-refractivity contribution in [1.29, 1.82) is 0 Å². The summed E-state index contributed by atoms with van der Waals surface area (Å²) >= 11 is 9.72. The Morgan fingerprint density at radius 3 is 2.52 bits per heavy atom. The molecule has 0 aliphatic carbocycles. The van der Waals surface area contributed by atoms with E-state index in [1.807, 2.05) is 0 Å². The number of nitrogens with zero attached hydrogens (tertiary/aromatic N) is 1. The number of furan rings is 1. The van der Waals surface area contributed by atoms with E-state index in [-0.39, 0.29) is 11.6 Å². The minimum Gasteiger partial charge on any atom is -0.495 e. The number of hydrogen-bond donors (Lipinski definition) is 0. The number of alkyl halides is 1. The van der Waals surface area contributed by atoms with Gasteiger partial charge in [-0.25, -0.2) is 0 Å². The topological polar surface area (TPSA) is 74.7 Å². The van der Waals surface area contributed by atoms with Crippen molar-refractivity contribution >= 4 is 33.4 Å². The fourth-order valence-electron chi connectivity index (χ4n) is 1.85. The van der Waals surface area contributed by atoms with Gasteiger partial charge in [0.1, 0.15) is 32.0 Å². The van der Waals surface area contributed by atoms with Crippen molar-refractivity contribution in [1.82, 2.24) is 0 Å². The van der Waals surface area contributed by atoms with Crippen molar-refractivity contribution in [2.45, 2.75) is 5.38 Å². The van der Waals surface area contributed by atoms with Crippen LogP contribution in [0.15, 0.2) is 33.2 Å². The normalized spacial score (nSPS) is 12.0. The van der Waals surface area contributed by atoms with E-state index in [1.165, 1.54) is 26.4 Å². The van der Waals surface area contributed by atoms with Crippen LogP contribution in [-0.4, -0.2) is 19.1 Å². The highest BCUT2D eigenvalue weighted by Gasteiger charge is 2.24. The van der Waals surface area contributed by atoms with E-state index >= 15 is 0 Å². The highest BCUT2D eigenvalue weighted by molar-refractivity contribution is 9.10. The van der Waals surface area contributed by atoms with Gasteiger partial charge in [0.15, 0.2) is 0 Å². The summed E-state index contributed by atoms with van der Waals surface area (Å²) in [5, 5.41) is 9.93. The molecule has 1 atom stereocenters. The first-order chi connectivity index (χ1) is 9.99. The molecule has 6 nitrogen and oxygen atoms in total. The number of halogens is 2. The van der Waals surface area contributed by atoms with Crippen LogP contribution >= 0.6 is 27.5 Å². The molecule has 1 unspecified atom stereocenters. The quantitative estimate of drug-likeness (QED) is 0.442. The lowest BCUT2D eigenvalue weighted by Crippen LogP contribution is -1.99. The van der Waals surface area contributed by atoms with Gasteiger partial charge < -0.3 is 13.9 Å². The van der Waals surface area contributed by atoms with E-state index in [4.69, 9.17) is 25.5 Å². The Morgan fingerprint density at radius 1 is 1.29 bits per heavy atom. The minimum absolute atomic E-state index is 0.263. The number of benzene rings is 1. The zero-order valence-electron chi connectivity index (χ0n) is 11.1. The highest BCUT2D eigenvalue weighted by atomic mass is 79.9. The van der Waals surface area contributed by atoms with Crippen LogP contribution in [0.3, 0.4) is 0 Å². The molecule has 0 aliphatic rings. The van der Waals surface area contributed by atoms with Crippen LogP contribution in [0.4, 0.5) is 5.88 Å². The first kappa shape index (κ1) is 15.7. The molecule has 0 amide bonds. The largest absolute Gasteiger partial charge is 0.495 e. The van der Waals surface area contributed by atoms with Crippen LogP contribution in [0, 0.1) is 10.1 Å². The number of rotatable bonds is 5. The number of methoxy groups -OCH3 is 2. The number of nitro groups is 1. The fraction of sp³-hybridized carbons (Fsp3) is 0.231. The minimum atomic E-state index is -0.726. The van der Waals surface area contributed by atoms with E-state index in [0.29, 0.717) is 21.5 Å². The highest BCUT2D eigenvalue weighted by Crippen LogP contribution is 2.44. The molecule has 0 saturated heterocycles. The van der Waals surface area contributed by atoms with Crippen molar-refractivity contribution in [3.8, 4) is 11.5 Å². The lowest BCUT2D eigenvalue weighted by atomic mass is 10.1. The number of hydrogen-bond acceptors (Lipinski definition) is 5. The summed E-state index contributed by atoms with van der Waals surface area (Å²) in [4.78, 5) is 10.0. The number of ether oxygens (including phenoxy) is 2. The van der Waals surface area contributed by atoms with Crippen LogP contribution in [0.25, 0.3) is 0 Å². The van der Waals surface area contributed by atoms with Crippen molar-refractivity contribution in [2.75, 3.05) is 14.2 Å². The third kappa shape index (κ3) is 2.98. The van der Waals surface area contributed by atoms with Crippen molar-refractivity contribution in [2.24, 2.45) is 0 Å². The maximum atomic E-state index is 10.7. The molecule has 1 heterocycles. The van der Waals surface area contributed by atoms with Crippen molar-refractivity contribution in [3.05, 3.63) is 50.2 Å². The molecular formula is C13H11BrClNO5. The summed E-state index contributed by atoms with van der Waals surface area (Å²) in [6, 6.07) is 6.16. The van der Waals surface area contributed by atoms with Gasteiger partial charge in [-0.3, -0.25) is 10.1 Å². The molecule has 8 heteroatoms. The third-order valence-electron chi connectivity index (χ3n) is 2.83. The van der Waals surface area contributed by atoms with Gasteiger partial charge in [0.05, 0.1) is 20.3 Å². The van der Waals surface area contributed by atoms with E-state index in [0.717, 1.165) is 0 Å². The van der Waals surface area contributed by atoms with Gasteiger partial charge in [0.2, 0.25) is 0 Å². The predicted octanol–water partition coefficient (Wildman–Crippen LogP) is 4.30. The molecule has 21 heavy (non-hydrogen) atoms. The Bertz CT molecular complexity index is 673. The Morgan fingerprint density at radius 2 is 2.00 bits per heavy atom. The predicted molar refractivity (Wildman–Crippen MR) is 80.3 cm³/mol. The second kappa shape index (κ2) is 6.36. The lowest BCUT2D eigenvalue weighted by Gasteiger charge is -2.15. The standard InChI is InChI=1S/C13H11BrClNO5/c1-19-8-4-3-7(13(20-2)11(8)14)12(15)9-5-6-10(21-9)16(17)18/h3-6,12H,1-2H3. The molecule has 0 radical (unpaired) electrons. The monoisotopic (exact) mass is 375 g/mol. The van der Waals surface area contributed by atoms with Crippen molar-refractivity contribution in [3.63, 3.8) is 0 Å². The van der Waals surface area contributed by atoms with Crippen LogP contribution in [-0.2, 0) is 0 Å². The molecule has 0 spiro atoms. The van der Waals surface area contributed by atoms with E-state index in [9.17, 15) is 10.1 Å². The average Bonchev–Trinajstić information content (AvgIpc) is 2.96. The summed E-state index contributed by atoms with van der Waals surface area (Å²) in [6.07, 6.45) is 0. The zero-order valence-corrected chi connectivity index (χ0v) is 13.5. The molecule has 0 N–H and O–H groups in total. The summed E-state index contributed by atoms with van der Waals surface area (Å²) in [5.74, 6) is 0.972. The summed E-state index contributed by atoms with van der Waals surface area (Å²) in [7, 11) is 3.03. The summed E-state index contributed by atoms with van der Waals surface area (Å²) in [5.41, 5.74) is 0.607. The lowest BCUT2D eigenvalue weighted by molar-refractivity contribution is -0.402. The fourth-order valence-corrected chi connectivity index (χ4v) is 2.82. The van der Waals surface area contributed by atoms with Gasteiger partial charge >= 0.3 is 5.88 Å². The first-order valence-corrected chi connectivity index (χ1v) is 7.01. The summed E-state index contributed by atoms with van der Waals surface area (Å²) in [6.45, 7) is 0. The van der Waals surface area contributed by atoms with Crippen molar-refractivity contribution < 1.29 is 18.8 Å². The molecule has 2 rings (SSSR count). The molecule has 112 valence electrons. The average molecular weight is 377 g/mol. The Labute approximate surface area is 133 Å². The first-order valence-electron chi connectivity index (χ1n) is 5.78. The van der Waals surface area contributed by atoms with Crippen LogP contribution < -0.4 is 9.47 Å². The smallest absolute Gasteiger partial charge is 0.433 e. The maximum Gasteiger partial charge on any atom is 0.433 e. The van der Waals surface area contributed by atoms with E-state index < -0.39 is 10.3 Å². The van der Waals surface area contributed by atoms with E-state index in [1.54, 1.807) is 12.1 Å². The molecule has 1 aromatic carbocycles. The van der Waals surface area contributed by atoms with Gasteiger partial charge in [-0.1, -0.05) is 0 Å².